The molecule has 2 N–H and O–H groups in total. The van der Waals surface area contributed by atoms with Crippen LogP contribution in [0.3, 0.4) is 0 Å². The van der Waals surface area contributed by atoms with Gasteiger partial charge in [0.25, 0.3) is 0 Å². The maximum Gasteiger partial charge on any atom is 0.0791 e. The minimum absolute atomic E-state index is 0.316. The Bertz CT molecular complexity index is 163. The highest BCUT2D eigenvalue weighted by Gasteiger charge is 2.14. The van der Waals surface area contributed by atoms with Gasteiger partial charge in [0.05, 0.1) is 12.7 Å². The summed E-state index contributed by atoms with van der Waals surface area (Å²) in [6, 6.07) is 0.316. The van der Waals surface area contributed by atoms with Crippen LogP contribution < -0.4 is 5.32 Å². The summed E-state index contributed by atoms with van der Waals surface area (Å²) >= 11 is 0. The molecule has 0 amide bonds. The van der Waals surface area contributed by atoms with Crippen LogP contribution in [0.5, 0.6) is 0 Å². The van der Waals surface area contributed by atoms with Crippen molar-refractivity contribution in [1.82, 2.24) is 10.2 Å². The summed E-state index contributed by atoms with van der Waals surface area (Å²) in [5, 5.41) is 13.1. The summed E-state index contributed by atoms with van der Waals surface area (Å²) in [6.45, 7) is 9.08. The van der Waals surface area contributed by atoms with Gasteiger partial charge in [-0.15, -0.1) is 0 Å². The van der Waals surface area contributed by atoms with E-state index < -0.39 is 0 Å². The smallest absolute Gasteiger partial charge is 0.0791 e. The highest BCUT2D eigenvalue weighted by atomic mass is 16.5. The molecule has 0 saturated carbocycles. The van der Waals surface area contributed by atoms with Crippen LogP contribution >= 0.6 is 0 Å². The van der Waals surface area contributed by atoms with Crippen LogP contribution in [0.1, 0.15) is 20.8 Å². The van der Waals surface area contributed by atoms with E-state index in [4.69, 9.17) is 4.74 Å². The fourth-order valence-corrected chi connectivity index (χ4v) is 1.51. The summed E-state index contributed by atoms with van der Waals surface area (Å²) in [6.07, 6.45) is -0.321. The van der Waals surface area contributed by atoms with E-state index in [-0.39, 0.29) is 6.10 Å². The van der Waals surface area contributed by atoms with Crippen LogP contribution in [0.15, 0.2) is 0 Å². The molecule has 0 radical (unpaired) electrons. The second kappa shape index (κ2) is 8.93. The first-order valence-corrected chi connectivity index (χ1v) is 6.11. The first-order valence-electron chi connectivity index (χ1n) is 6.11. The van der Waals surface area contributed by atoms with Gasteiger partial charge in [-0.2, -0.15) is 0 Å². The minimum Gasteiger partial charge on any atom is -0.390 e. The number of nitrogens with one attached hydrogen (secondary N) is 1. The van der Waals surface area contributed by atoms with Crippen LogP contribution in [0.4, 0.5) is 0 Å². The molecule has 0 aromatic rings. The molecule has 0 saturated heterocycles. The Morgan fingerprint density at radius 3 is 2.38 bits per heavy atom. The van der Waals surface area contributed by atoms with E-state index in [0.717, 1.165) is 6.61 Å². The molecule has 2 unspecified atom stereocenters. The monoisotopic (exact) mass is 232 g/mol. The van der Waals surface area contributed by atoms with Crippen LogP contribution in [0.25, 0.3) is 0 Å². The molecule has 0 fully saturated rings. The summed E-state index contributed by atoms with van der Waals surface area (Å²) in [7, 11) is 3.92. The first-order chi connectivity index (χ1) is 7.47. The quantitative estimate of drug-likeness (QED) is 0.610. The molecule has 0 aromatic heterocycles. The lowest BCUT2D eigenvalue weighted by atomic mass is 10.1. The lowest BCUT2D eigenvalue weighted by Gasteiger charge is -2.24. The number of ether oxygens (including phenoxy) is 1. The Hall–Kier alpha value is -0.160. The average Bonchev–Trinajstić information content (AvgIpc) is 2.16. The second-order valence-corrected chi connectivity index (χ2v) is 4.83. The van der Waals surface area contributed by atoms with Gasteiger partial charge in [0.2, 0.25) is 0 Å². The first kappa shape index (κ1) is 15.8. The van der Waals surface area contributed by atoms with E-state index in [0.29, 0.717) is 31.7 Å². The number of hydrogen-bond donors (Lipinski definition) is 2. The lowest BCUT2D eigenvalue weighted by Crippen LogP contribution is -2.44. The fraction of sp³-hybridized carbons (Fsp3) is 1.00. The van der Waals surface area contributed by atoms with Crippen LogP contribution in [0, 0.1) is 5.92 Å². The SMILES string of the molecule is CCOCC(NCC(O)CN(C)C)C(C)C. The van der Waals surface area contributed by atoms with E-state index in [2.05, 4.69) is 19.2 Å². The summed E-state index contributed by atoms with van der Waals surface area (Å²) < 4.78 is 5.42. The molecule has 4 nitrogen and oxygen atoms in total. The van der Waals surface area contributed by atoms with Crippen molar-refractivity contribution in [1.29, 1.82) is 0 Å². The molecule has 0 rings (SSSR count). The third-order valence-corrected chi connectivity index (χ3v) is 2.50. The van der Waals surface area contributed by atoms with Crippen molar-refractivity contribution in [3.8, 4) is 0 Å². The van der Waals surface area contributed by atoms with E-state index in [1.165, 1.54) is 0 Å². The standard InChI is InChI=1S/C12H28N2O2/c1-6-16-9-12(10(2)3)13-7-11(15)8-14(4)5/h10-13,15H,6-9H2,1-5H3. The predicted octanol–water partition coefficient (Wildman–Crippen LogP) is 0.560. The van der Waals surface area contributed by atoms with Gasteiger partial charge in [0.15, 0.2) is 0 Å². The fourth-order valence-electron chi connectivity index (χ4n) is 1.51. The molecule has 2 atom stereocenters. The normalized spacial score (nSPS) is 15.8. The van der Waals surface area contributed by atoms with Crippen molar-refractivity contribution in [3.05, 3.63) is 0 Å². The zero-order valence-corrected chi connectivity index (χ0v) is 11.4. The summed E-state index contributed by atoms with van der Waals surface area (Å²) in [4.78, 5) is 1.99. The maximum atomic E-state index is 9.73. The number of aliphatic hydroxyl groups is 1. The van der Waals surface area contributed by atoms with Gasteiger partial charge in [0, 0.05) is 25.7 Å². The van der Waals surface area contributed by atoms with Crippen molar-refractivity contribution in [2.24, 2.45) is 5.92 Å². The number of likely N-dealkylation sites (N-methyl/N-ethyl adjacent to an activating group) is 1. The average molecular weight is 232 g/mol. The predicted molar refractivity (Wildman–Crippen MR) is 67.7 cm³/mol. The highest BCUT2D eigenvalue weighted by Crippen LogP contribution is 2.02. The van der Waals surface area contributed by atoms with Crippen LogP contribution in [-0.2, 0) is 4.74 Å². The Morgan fingerprint density at radius 1 is 1.31 bits per heavy atom. The molecule has 0 spiro atoms. The third-order valence-electron chi connectivity index (χ3n) is 2.50. The van der Waals surface area contributed by atoms with E-state index in [1.807, 2.05) is 25.9 Å². The van der Waals surface area contributed by atoms with Gasteiger partial charge in [-0.05, 0) is 26.9 Å². The van der Waals surface area contributed by atoms with Gasteiger partial charge < -0.3 is 20.1 Å². The number of nitrogens with zero attached hydrogens (tertiary/aromatic N) is 1. The van der Waals surface area contributed by atoms with Gasteiger partial charge in [-0.3, -0.25) is 0 Å². The molecule has 4 heteroatoms. The third kappa shape index (κ3) is 8.05. The van der Waals surface area contributed by atoms with Crippen molar-refractivity contribution in [2.45, 2.75) is 32.9 Å². The largest absolute Gasteiger partial charge is 0.390 e. The Kier molecular flexibility index (Phi) is 8.84. The summed E-state index contributed by atoms with van der Waals surface area (Å²) in [5.41, 5.74) is 0. The number of hydrogen-bond acceptors (Lipinski definition) is 4. The topological polar surface area (TPSA) is 44.7 Å². The van der Waals surface area contributed by atoms with Gasteiger partial charge >= 0.3 is 0 Å². The van der Waals surface area contributed by atoms with Gasteiger partial charge in [0.1, 0.15) is 0 Å². The van der Waals surface area contributed by atoms with Crippen LogP contribution in [0.2, 0.25) is 0 Å². The van der Waals surface area contributed by atoms with Gasteiger partial charge in [-0.1, -0.05) is 13.8 Å². The molecule has 0 heterocycles. The molecule has 16 heavy (non-hydrogen) atoms. The lowest BCUT2D eigenvalue weighted by molar-refractivity contribution is 0.0904. The number of aliphatic hydroxyl groups excluding tert-OH is 1. The van der Waals surface area contributed by atoms with Crippen molar-refractivity contribution >= 4 is 0 Å². The molecule has 0 bridgehead atoms. The molecule has 0 aliphatic rings. The Balaban J connectivity index is 3.82. The zero-order valence-electron chi connectivity index (χ0n) is 11.4. The molecule has 98 valence electrons. The van der Waals surface area contributed by atoms with Crippen LogP contribution in [-0.4, -0.2) is 62.6 Å². The molecular formula is C12H28N2O2. The van der Waals surface area contributed by atoms with Crippen molar-refractivity contribution in [3.63, 3.8) is 0 Å². The Labute approximate surface area is 100.0 Å². The van der Waals surface area contributed by atoms with E-state index >= 15 is 0 Å². The van der Waals surface area contributed by atoms with E-state index in [1.54, 1.807) is 0 Å². The summed E-state index contributed by atoms with van der Waals surface area (Å²) in [5.74, 6) is 0.512. The highest BCUT2D eigenvalue weighted by molar-refractivity contribution is 4.73. The molecule has 0 aliphatic heterocycles. The van der Waals surface area contributed by atoms with E-state index in [9.17, 15) is 5.11 Å². The molecule has 0 aliphatic carbocycles. The Morgan fingerprint density at radius 2 is 1.94 bits per heavy atom. The zero-order chi connectivity index (χ0) is 12.6. The second-order valence-electron chi connectivity index (χ2n) is 4.83. The molecular weight excluding hydrogens is 204 g/mol. The minimum atomic E-state index is -0.321. The van der Waals surface area contributed by atoms with Crippen molar-refractivity contribution < 1.29 is 9.84 Å². The maximum absolute atomic E-state index is 9.73. The number of rotatable bonds is 9. The molecule has 0 aromatic carbocycles. The van der Waals surface area contributed by atoms with Gasteiger partial charge in [-0.25, -0.2) is 0 Å². The van der Waals surface area contributed by atoms with Crippen molar-refractivity contribution in [2.75, 3.05) is 40.4 Å².